The van der Waals surface area contributed by atoms with Gasteiger partial charge in [0.1, 0.15) is 0 Å². The normalized spacial score (nSPS) is 15.8. The summed E-state index contributed by atoms with van der Waals surface area (Å²) in [6.45, 7) is 1.46. The molecule has 1 heterocycles. The van der Waals surface area contributed by atoms with Gasteiger partial charge in [-0.05, 0) is 19.3 Å². The number of rotatable bonds is 7. The Morgan fingerprint density at radius 1 is 1.29 bits per heavy atom. The highest BCUT2D eigenvalue weighted by atomic mass is 16.5. The van der Waals surface area contributed by atoms with Crippen LogP contribution in [-0.2, 0) is 19.1 Å². The number of carboxylic acid groups (broad SMARTS) is 1. The fourth-order valence-corrected chi connectivity index (χ4v) is 2.33. The van der Waals surface area contributed by atoms with E-state index in [1.54, 1.807) is 19.1 Å². The molecule has 21 heavy (non-hydrogen) atoms. The Kier molecular flexibility index (Phi) is 7.14. The molecule has 0 spiro atoms. The molecule has 0 unspecified atom stereocenters. The standard InChI is InChI=1S/C14H24N2O5/c1-15(12(17)4-3-9-21-2)10-13(18)16-7-5-11(6-8-16)14(19)20/h11H,3-10H2,1-2H3,(H,19,20). The Bertz CT molecular complexity index is 378. The van der Waals surface area contributed by atoms with Gasteiger partial charge in [-0.1, -0.05) is 0 Å². The first-order valence-corrected chi connectivity index (χ1v) is 7.19. The van der Waals surface area contributed by atoms with Crippen molar-refractivity contribution in [1.29, 1.82) is 0 Å². The summed E-state index contributed by atoms with van der Waals surface area (Å²) in [6, 6.07) is 0. The third-order valence-corrected chi connectivity index (χ3v) is 3.73. The largest absolute Gasteiger partial charge is 0.481 e. The summed E-state index contributed by atoms with van der Waals surface area (Å²) < 4.78 is 4.88. The molecule has 0 aromatic rings. The van der Waals surface area contributed by atoms with E-state index >= 15 is 0 Å². The van der Waals surface area contributed by atoms with E-state index in [2.05, 4.69) is 0 Å². The molecule has 120 valence electrons. The van der Waals surface area contributed by atoms with Crippen molar-refractivity contribution >= 4 is 17.8 Å². The first kappa shape index (κ1) is 17.4. The number of likely N-dealkylation sites (tertiary alicyclic amines) is 1. The summed E-state index contributed by atoms with van der Waals surface area (Å²) in [5.41, 5.74) is 0. The Balaban J connectivity index is 2.33. The Morgan fingerprint density at radius 2 is 1.90 bits per heavy atom. The monoisotopic (exact) mass is 300 g/mol. The molecule has 2 amide bonds. The van der Waals surface area contributed by atoms with E-state index in [1.807, 2.05) is 0 Å². The van der Waals surface area contributed by atoms with Crippen LogP contribution in [-0.4, -0.2) is 73.1 Å². The fraction of sp³-hybridized carbons (Fsp3) is 0.786. The second kappa shape index (κ2) is 8.61. The number of piperidine rings is 1. The van der Waals surface area contributed by atoms with Gasteiger partial charge < -0.3 is 19.6 Å². The van der Waals surface area contributed by atoms with Crippen LogP contribution in [0.2, 0.25) is 0 Å². The maximum Gasteiger partial charge on any atom is 0.306 e. The summed E-state index contributed by atoms with van der Waals surface area (Å²) >= 11 is 0. The van der Waals surface area contributed by atoms with Crippen molar-refractivity contribution in [2.45, 2.75) is 25.7 Å². The van der Waals surface area contributed by atoms with Crippen molar-refractivity contribution in [1.82, 2.24) is 9.80 Å². The number of hydrogen-bond donors (Lipinski definition) is 1. The summed E-state index contributed by atoms with van der Waals surface area (Å²) in [5, 5.41) is 8.92. The molecule has 0 saturated carbocycles. The quantitative estimate of drug-likeness (QED) is 0.678. The fourth-order valence-electron chi connectivity index (χ4n) is 2.33. The third-order valence-electron chi connectivity index (χ3n) is 3.73. The number of likely N-dealkylation sites (N-methyl/N-ethyl adjacent to an activating group) is 1. The van der Waals surface area contributed by atoms with E-state index in [9.17, 15) is 14.4 Å². The van der Waals surface area contributed by atoms with Crippen LogP contribution in [0.15, 0.2) is 0 Å². The molecule has 0 aromatic carbocycles. The molecule has 1 saturated heterocycles. The zero-order valence-corrected chi connectivity index (χ0v) is 12.7. The van der Waals surface area contributed by atoms with Crippen LogP contribution in [0.4, 0.5) is 0 Å². The number of ether oxygens (including phenoxy) is 1. The molecule has 0 bridgehead atoms. The maximum absolute atomic E-state index is 12.1. The number of carbonyl (C=O) groups is 3. The molecule has 1 aliphatic heterocycles. The summed E-state index contributed by atoms with van der Waals surface area (Å²) in [7, 11) is 3.19. The zero-order chi connectivity index (χ0) is 15.8. The summed E-state index contributed by atoms with van der Waals surface area (Å²) in [6.07, 6.45) is 1.95. The molecule has 1 rings (SSSR count). The molecule has 0 aliphatic carbocycles. The van der Waals surface area contributed by atoms with Crippen molar-refractivity contribution in [2.75, 3.05) is 40.4 Å². The van der Waals surface area contributed by atoms with Gasteiger partial charge in [-0.2, -0.15) is 0 Å². The number of amides is 2. The second-order valence-electron chi connectivity index (χ2n) is 5.34. The lowest BCUT2D eigenvalue weighted by Gasteiger charge is -2.31. The van der Waals surface area contributed by atoms with Crippen molar-refractivity contribution < 1.29 is 24.2 Å². The van der Waals surface area contributed by atoms with E-state index in [4.69, 9.17) is 9.84 Å². The highest BCUT2D eigenvalue weighted by Gasteiger charge is 2.27. The van der Waals surface area contributed by atoms with Crippen LogP contribution >= 0.6 is 0 Å². The number of carbonyl (C=O) groups excluding carboxylic acids is 2. The predicted octanol–water partition coefficient (Wildman–Crippen LogP) is 0.195. The van der Waals surface area contributed by atoms with Crippen LogP contribution in [0.1, 0.15) is 25.7 Å². The van der Waals surface area contributed by atoms with Crippen LogP contribution < -0.4 is 0 Å². The van der Waals surface area contributed by atoms with Gasteiger partial charge in [-0.3, -0.25) is 14.4 Å². The van der Waals surface area contributed by atoms with Gasteiger partial charge in [0.2, 0.25) is 11.8 Å². The van der Waals surface area contributed by atoms with Gasteiger partial charge in [0.05, 0.1) is 12.5 Å². The molecular weight excluding hydrogens is 276 g/mol. The molecule has 0 atom stereocenters. The van der Waals surface area contributed by atoms with E-state index in [0.29, 0.717) is 45.4 Å². The van der Waals surface area contributed by atoms with Gasteiger partial charge in [0, 0.05) is 40.3 Å². The van der Waals surface area contributed by atoms with Gasteiger partial charge in [-0.15, -0.1) is 0 Å². The number of nitrogens with zero attached hydrogens (tertiary/aromatic N) is 2. The van der Waals surface area contributed by atoms with Gasteiger partial charge >= 0.3 is 5.97 Å². The summed E-state index contributed by atoms with van der Waals surface area (Å²) in [5.74, 6) is -1.36. The lowest BCUT2D eigenvalue weighted by molar-refractivity contribution is -0.146. The molecule has 7 nitrogen and oxygen atoms in total. The average molecular weight is 300 g/mol. The lowest BCUT2D eigenvalue weighted by Crippen LogP contribution is -2.45. The molecule has 0 radical (unpaired) electrons. The van der Waals surface area contributed by atoms with Gasteiger partial charge in [0.15, 0.2) is 0 Å². The minimum atomic E-state index is -0.799. The number of methoxy groups -OCH3 is 1. The smallest absolute Gasteiger partial charge is 0.306 e. The topological polar surface area (TPSA) is 87.2 Å². The zero-order valence-electron chi connectivity index (χ0n) is 12.7. The molecular formula is C14H24N2O5. The van der Waals surface area contributed by atoms with Crippen molar-refractivity contribution in [3.63, 3.8) is 0 Å². The Morgan fingerprint density at radius 3 is 2.43 bits per heavy atom. The van der Waals surface area contributed by atoms with Gasteiger partial charge in [0.25, 0.3) is 0 Å². The van der Waals surface area contributed by atoms with E-state index < -0.39 is 5.97 Å². The Labute approximate surface area is 124 Å². The first-order chi connectivity index (χ1) is 9.95. The third kappa shape index (κ3) is 5.71. The van der Waals surface area contributed by atoms with Crippen LogP contribution in [0, 0.1) is 5.92 Å². The number of hydrogen-bond acceptors (Lipinski definition) is 4. The number of carboxylic acids is 1. The highest BCUT2D eigenvalue weighted by molar-refractivity contribution is 5.84. The average Bonchev–Trinajstić information content (AvgIpc) is 2.47. The molecule has 7 heteroatoms. The highest BCUT2D eigenvalue weighted by Crippen LogP contribution is 2.17. The second-order valence-corrected chi connectivity index (χ2v) is 5.34. The van der Waals surface area contributed by atoms with Crippen LogP contribution in [0.25, 0.3) is 0 Å². The van der Waals surface area contributed by atoms with Gasteiger partial charge in [-0.25, -0.2) is 0 Å². The SMILES string of the molecule is COCCCC(=O)N(C)CC(=O)N1CCC(C(=O)O)CC1. The predicted molar refractivity (Wildman–Crippen MR) is 75.7 cm³/mol. The van der Waals surface area contributed by atoms with E-state index in [-0.39, 0.29) is 24.3 Å². The molecule has 0 aromatic heterocycles. The molecule has 1 fully saturated rings. The Hall–Kier alpha value is -1.63. The molecule has 1 N–H and O–H groups in total. The van der Waals surface area contributed by atoms with Crippen molar-refractivity contribution in [3.8, 4) is 0 Å². The van der Waals surface area contributed by atoms with Crippen LogP contribution in [0.5, 0.6) is 0 Å². The van der Waals surface area contributed by atoms with E-state index in [1.165, 1.54) is 4.90 Å². The maximum atomic E-state index is 12.1. The van der Waals surface area contributed by atoms with Crippen molar-refractivity contribution in [3.05, 3.63) is 0 Å². The minimum Gasteiger partial charge on any atom is -0.481 e. The minimum absolute atomic E-state index is 0.0452. The van der Waals surface area contributed by atoms with E-state index in [0.717, 1.165) is 0 Å². The van der Waals surface area contributed by atoms with Crippen molar-refractivity contribution in [2.24, 2.45) is 5.92 Å². The summed E-state index contributed by atoms with van der Waals surface area (Å²) in [4.78, 5) is 37.8. The first-order valence-electron chi connectivity index (χ1n) is 7.19. The lowest BCUT2D eigenvalue weighted by atomic mass is 9.97. The number of aliphatic carboxylic acids is 1. The van der Waals surface area contributed by atoms with Crippen LogP contribution in [0.3, 0.4) is 0 Å². The molecule has 1 aliphatic rings.